The van der Waals surface area contributed by atoms with E-state index in [2.05, 4.69) is 14.9 Å². The Kier molecular flexibility index (Phi) is 2.55. The van der Waals surface area contributed by atoms with E-state index in [1.165, 1.54) is 0 Å². The van der Waals surface area contributed by atoms with Crippen molar-refractivity contribution in [3.05, 3.63) is 41.0 Å². The molecule has 0 saturated heterocycles. The lowest BCUT2D eigenvalue weighted by molar-refractivity contribution is 0.151. The van der Waals surface area contributed by atoms with Crippen LogP contribution < -0.4 is 5.32 Å². The van der Waals surface area contributed by atoms with E-state index in [-0.39, 0.29) is 0 Å². The van der Waals surface area contributed by atoms with Crippen molar-refractivity contribution in [2.45, 2.75) is 27.4 Å². The number of nitrogens with one attached hydrogen (secondary N) is 1. The molecule has 1 aliphatic heterocycles. The van der Waals surface area contributed by atoms with E-state index < -0.39 is 6.09 Å². The minimum Gasteiger partial charge on any atom is -0.444 e. The average Bonchev–Trinajstić information content (AvgIpc) is 2.63. The predicted molar refractivity (Wildman–Crippen MR) is 71.6 cm³/mol. The summed E-state index contributed by atoms with van der Waals surface area (Å²) >= 11 is 0. The molecule has 0 radical (unpaired) electrons. The highest BCUT2D eigenvalue weighted by molar-refractivity contribution is 5.90. The van der Waals surface area contributed by atoms with E-state index in [0.717, 1.165) is 34.2 Å². The van der Waals surface area contributed by atoms with Crippen LogP contribution in [0.1, 0.15) is 22.8 Å². The molecule has 0 atom stereocenters. The quantitative estimate of drug-likeness (QED) is 0.854. The van der Waals surface area contributed by atoms with Crippen molar-refractivity contribution in [2.75, 3.05) is 5.32 Å². The molecular formula is C14H15N3O2. The standard InChI is InChI=1S/C14H15N3O2/c1-8-9(2)17(10(3)15-8)12-6-4-5-11-7-19-14(18)16-13(11)12/h4-6H,7H2,1-3H3,(H,16,18). The van der Waals surface area contributed by atoms with Gasteiger partial charge in [-0.05, 0) is 26.8 Å². The molecule has 0 spiro atoms. The molecule has 19 heavy (non-hydrogen) atoms. The number of hydrogen-bond donors (Lipinski definition) is 1. The highest BCUT2D eigenvalue weighted by Crippen LogP contribution is 2.30. The van der Waals surface area contributed by atoms with E-state index in [9.17, 15) is 4.79 Å². The van der Waals surface area contributed by atoms with Gasteiger partial charge in [-0.2, -0.15) is 0 Å². The topological polar surface area (TPSA) is 56.2 Å². The summed E-state index contributed by atoms with van der Waals surface area (Å²) in [6.45, 7) is 6.27. The number of aromatic nitrogens is 2. The average molecular weight is 257 g/mol. The van der Waals surface area contributed by atoms with Crippen molar-refractivity contribution in [3.63, 3.8) is 0 Å². The van der Waals surface area contributed by atoms with Crippen molar-refractivity contribution in [1.82, 2.24) is 9.55 Å². The molecule has 0 fully saturated rings. The summed E-state index contributed by atoms with van der Waals surface area (Å²) in [5.74, 6) is 0.907. The van der Waals surface area contributed by atoms with Gasteiger partial charge in [-0.1, -0.05) is 12.1 Å². The molecule has 2 heterocycles. The number of benzene rings is 1. The van der Waals surface area contributed by atoms with Gasteiger partial charge in [0.05, 0.1) is 17.1 Å². The second kappa shape index (κ2) is 4.12. The van der Waals surface area contributed by atoms with Gasteiger partial charge in [0.1, 0.15) is 12.4 Å². The second-order valence-corrected chi connectivity index (χ2v) is 4.68. The van der Waals surface area contributed by atoms with Gasteiger partial charge in [0.25, 0.3) is 0 Å². The predicted octanol–water partition coefficient (Wildman–Crippen LogP) is 2.86. The maximum absolute atomic E-state index is 11.4. The smallest absolute Gasteiger partial charge is 0.412 e. The van der Waals surface area contributed by atoms with Gasteiger partial charge in [-0.25, -0.2) is 9.78 Å². The van der Waals surface area contributed by atoms with E-state index in [1.807, 2.05) is 39.0 Å². The van der Waals surface area contributed by atoms with Crippen LogP contribution in [-0.4, -0.2) is 15.6 Å². The summed E-state index contributed by atoms with van der Waals surface area (Å²) in [5.41, 5.74) is 4.79. The Hall–Kier alpha value is -2.30. The van der Waals surface area contributed by atoms with Crippen molar-refractivity contribution < 1.29 is 9.53 Å². The molecule has 5 nitrogen and oxygen atoms in total. The zero-order valence-electron chi connectivity index (χ0n) is 11.2. The molecule has 0 saturated carbocycles. The molecule has 98 valence electrons. The van der Waals surface area contributed by atoms with Gasteiger partial charge in [0.15, 0.2) is 0 Å². The van der Waals surface area contributed by atoms with Gasteiger partial charge < -0.3 is 4.74 Å². The van der Waals surface area contributed by atoms with E-state index in [0.29, 0.717) is 6.61 Å². The SMILES string of the molecule is Cc1nc(C)n(-c2cccc3c2NC(=O)OC3)c1C. The summed E-state index contributed by atoms with van der Waals surface area (Å²) in [6.07, 6.45) is -0.410. The molecule has 0 unspecified atom stereocenters. The third-order valence-electron chi connectivity index (χ3n) is 3.47. The number of carbonyl (C=O) groups excluding carboxylic acids is 1. The summed E-state index contributed by atoms with van der Waals surface area (Å²) in [4.78, 5) is 15.9. The fraction of sp³-hybridized carbons (Fsp3) is 0.286. The zero-order valence-corrected chi connectivity index (χ0v) is 11.2. The zero-order chi connectivity index (χ0) is 13.6. The van der Waals surface area contributed by atoms with Gasteiger partial charge >= 0.3 is 6.09 Å². The number of para-hydroxylation sites is 1. The van der Waals surface area contributed by atoms with Gasteiger partial charge in [0, 0.05) is 11.3 Å². The fourth-order valence-electron chi connectivity index (χ4n) is 2.45. The molecule has 3 rings (SSSR count). The van der Waals surface area contributed by atoms with E-state index in [4.69, 9.17) is 4.74 Å². The van der Waals surface area contributed by atoms with Gasteiger partial charge in [-0.15, -0.1) is 0 Å². The first-order valence-corrected chi connectivity index (χ1v) is 6.16. The maximum Gasteiger partial charge on any atom is 0.412 e. The number of aryl methyl sites for hydroxylation is 2. The summed E-state index contributed by atoms with van der Waals surface area (Å²) in [6, 6.07) is 5.89. The number of ether oxygens (including phenoxy) is 1. The number of nitrogens with zero attached hydrogens (tertiary/aromatic N) is 2. The monoisotopic (exact) mass is 257 g/mol. The molecule has 1 aromatic carbocycles. The number of amides is 1. The van der Waals surface area contributed by atoms with Gasteiger partial charge in [-0.3, -0.25) is 9.88 Å². The normalized spacial score (nSPS) is 13.7. The molecule has 1 aliphatic rings. The van der Waals surface area contributed by atoms with Crippen molar-refractivity contribution >= 4 is 11.8 Å². The lowest BCUT2D eigenvalue weighted by Gasteiger charge is -2.21. The Morgan fingerprint density at radius 1 is 1.32 bits per heavy atom. The number of hydrogen-bond acceptors (Lipinski definition) is 3. The first-order valence-electron chi connectivity index (χ1n) is 6.16. The third kappa shape index (κ3) is 1.78. The number of carbonyl (C=O) groups is 1. The number of fused-ring (bicyclic) bond motifs is 1. The van der Waals surface area contributed by atoms with E-state index in [1.54, 1.807) is 0 Å². The summed E-state index contributed by atoms with van der Waals surface area (Å²) in [5, 5.41) is 2.78. The van der Waals surface area contributed by atoms with Crippen LogP contribution in [0.4, 0.5) is 10.5 Å². The molecule has 1 amide bonds. The molecule has 1 N–H and O–H groups in total. The number of rotatable bonds is 1. The van der Waals surface area contributed by atoms with Crippen molar-refractivity contribution in [1.29, 1.82) is 0 Å². The minimum absolute atomic E-state index is 0.306. The van der Waals surface area contributed by atoms with E-state index >= 15 is 0 Å². The third-order valence-corrected chi connectivity index (χ3v) is 3.47. The second-order valence-electron chi connectivity index (χ2n) is 4.68. The largest absolute Gasteiger partial charge is 0.444 e. The Morgan fingerprint density at radius 2 is 2.11 bits per heavy atom. The van der Waals surface area contributed by atoms with Crippen LogP contribution in [0.25, 0.3) is 5.69 Å². The molecular weight excluding hydrogens is 242 g/mol. The first kappa shape index (κ1) is 11.8. The number of anilines is 1. The first-order chi connectivity index (χ1) is 9.08. The lowest BCUT2D eigenvalue weighted by Crippen LogP contribution is -2.22. The Morgan fingerprint density at radius 3 is 2.79 bits per heavy atom. The highest BCUT2D eigenvalue weighted by atomic mass is 16.5. The van der Waals surface area contributed by atoms with Gasteiger partial charge in [0.2, 0.25) is 0 Å². The highest BCUT2D eigenvalue weighted by Gasteiger charge is 2.21. The minimum atomic E-state index is -0.410. The Bertz CT molecular complexity index is 674. The van der Waals surface area contributed by atoms with Crippen LogP contribution in [0, 0.1) is 20.8 Å². The molecule has 0 bridgehead atoms. The maximum atomic E-state index is 11.4. The lowest BCUT2D eigenvalue weighted by atomic mass is 10.1. The van der Waals surface area contributed by atoms with Crippen LogP contribution in [0.15, 0.2) is 18.2 Å². The molecule has 0 aliphatic carbocycles. The van der Waals surface area contributed by atoms with Crippen molar-refractivity contribution in [3.8, 4) is 5.69 Å². The Balaban J connectivity index is 2.24. The molecule has 1 aromatic heterocycles. The van der Waals surface area contributed by atoms with Crippen LogP contribution in [-0.2, 0) is 11.3 Å². The Labute approximate surface area is 111 Å². The number of imidazole rings is 1. The van der Waals surface area contributed by atoms with Crippen LogP contribution >= 0.6 is 0 Å². The van der Waals surface area contributed by atoms with Crippen LogP contribution in [0.2, 0.25) is 0 Å². The molecule has 5 heteroatoms. The van der Waals surface area contributed by atoms with Crippen LogP contribution in [0.3, 0.4) is 0 Å². The fourth-order valence-corrected chi connectivity index (χ4v) is 2.45. The summed E-state index contributed by atoms with van der Waals surface area (Å²) in [7, 11) is 0. The summed E-state index contributed by atoms with van der Waals surface area (Å²) < 4.78 is 7.04. The number of cyclic esters (lactones) is 1. The molecule has 2 aromatic rings. The van der Waals surface area contributed by atoms with Crippen LogP contribution in [0.5, 0.6) is 0 Å². The van der Waals surface area contributed by atoms with Crippen molar-refractivity contribution in [2.24, 2.45) is 0 Å².